The van der Waals surface area contributed by atoms with Crippen LogP contribution in [0.15, 0.2) is 0 Å². The fraction of sp³-hybridized carbons (Fsp3) is 1.00. The number of ether oxygens (including phenoxy) is 1. The summed E-state index contributed by atoms with van der Waals surface area (Å²) in [5.74, 6) is 1.44. The van der Waals surface area contributed by atoms with Gasteiger partial charge in [0.05, 0.1) is 17.7 Å². The van der Waals surface area contributed by atoms with Gasteiger partial charge in [0.1, 0.15) is 0 Å². The highest BCUT2D eigenvalue weighted by molar-refractivity contribution is 6.46. The summed E-state index contributed by atoms with van der Waals surface area (Å²) in [4.78, 5) is 0. The van der Waals surface area contributed by atoms with Crippen molar-refractivity contribution in [3.8, 4) is 0 Å². The quantitative estimate of drug-likeness (QED) is 0.691. The molecule has 1 unspecified atom stereocenters. The Labute approximate surface area is 104 Å². The van der Waals surface area contributed by atoms with E-state index in [1.54, 1.807) is 7.11 Å². The SMILES string of the molecule is CO[C@H](C)B1OC2C[C@@H]3C[C@@H](C3(C)C)[C@]2(C)O1. The fourth-order valence-corrected chi connectivity index (χ4v) is 4.21. The van der Waals surface area contributed by atoms with Crippen molar-refractivity contribution >= 4 is 7.12 Å². The molecule has 1 saturated heterocycles. The van der Waals surface area contributed by atoms with Crippen LogP contribution in [0.5, 0.6) is 0 Å². The van der Waals surface area contributed by atoms with Gasteiger partial charge in [0.2, 0.25) is 0 Å². The standard InChI is InChI=1S/C13H23BO3/c1-8(15-5)14-16-11-7-9-6-10(12(9,2)3)13(11,4)17-14/h8-11H,6-7H2,1-5H3/t8-,9+,10+,11?,13+/m1/s1. The van der Waals surface area contributed by atoms with Crippen LogP contribution < -0.4 is 0 Å². The predicted molar refractivity (Wildman–Crippen MR) is 66.6 cm³/mol. The zero-order chi connectivity index (χ0) is 12.4. The Kier molecular flexibility index (Phi) is 2.46. The van der Waals surface area contributed by atoms with Gasteiger partial charge in [-0.25, -0.2) is 0 Å². The third-order valence-electron chi connectivity index (χ3n) is 5.72. The van der Waals surface area contributed by atoms with Gasteiger partial charge in [-0.05, 0) is 43.9 Å². The minimum Gasteiger partial charge on any atom is -0.404 e. The van der Waals surface area contributed by atoms with Crippen molar-refractivity contribution in [3.05, 3.63) is 0 Å². The Balaban J connectivity index is 1.82. The molecule has 3 saturated carbocycles. The maximum Gasteiger partial charge on any atom is 0.488 e. The monoisotopic (exact) mass is 238 g/mol. The molecule has 5 atom stereocenters. The van der Waals surface area contributed by atoms with Crippen LogP contribution in [0.2, 0.25) is 0 Å². The van der Waals surface area contributed by atoms with Gasteiger partial charge in [-0.3, -0.25) is 0 Å². The van der Waals surface area contributed by atoms with E-state index in [9.17, 15) is 0 Å². The second kappa shape index (κ2) is 3.49. The average Bonchev–Trinajstić information content (AvgIpc) is 2.64. The lowest BCUT2D eigenvalue weighted by Crippen LogP contribution is -2.65. The van der Waals surface area contributed by atoms with Crippen molar-refractivity contribution in [1.82, 2.24) is 0 Å². The van der Waals surface area contributed by atoms with Crippen LogP contribution in [0.1, 0.15) is 40.5 Å². The summed E-state index contributed by atoms with van der Waals surface area (Å²) < 4.78 is 17.6. The molecule has 4 heteroatoms. The van der Waals surface area contributed by atoms with Crippen LogP contribution in [0.3, 0.4) is 0 Å². The van der Waals surface area contributed by atoms with E-state index in [2.05, 4.69) is 20.8 Å². The van der Waals surface area contributed by atoms with E-state index < -0.39 is 0 Å². The van der Waals surface area contributed by atoms with Gasteiger partial charge < -0.3 is 14.0 Å². The predicted octanol–water partition coefficient (Wildman–Crippen LogP) is 2.29. The van der Waals surface area contributed by atoms with Gasteiger partial charge in [0.25, 0.3) is 0 Å². The molecule has 17 heavy (non-hydrogen) atoms. The number of methoxy groups -OCH3 is 1. The maximum absolute atomic E-state index is 6.24. The van der Waals surface area contributed by atoms with Crippen molar-refractivity contribution in [2.24, 2.45) is 17.3 Å². The van der Waals surface area contributed by atoms with Gasteiger partial charge >= 0.3 is 7.12 Å². The van der Waals surface area contributed by atoms with Crippen molar-refractivity contribution < 1.29 is 14.0 Å². The summed E-state index contributed by atoms with van der Waals surface area (Å²) >= 11 is 0. The molecule has 0 aromatic rings. The van der Waals surface area contributed by atoms with E-state index in [1.807, 2.05) is 6.92 Å². The minimum absolute atomic E-state index is 0.0118. The van der Waals surface area contributed by atoms with Crippen molar-refractivity contribution in [2.45, 2.75) is 58.2 Å². The average molecular weight is 238 g/mol. The summed E-state index contributed by atoms with van der Waals surface area (Å²) in [5.41, 5.74) is 0.315. The second-order valence-corrected chi connectivity index (χ2v) is 6.78. The third kappa shape index (κ3) is 1.41. The summed E-state index contributed by atoms with van der Waals surface area (Å²) in [6.07, 6.45) is 2.71. The number of hydrogen-bond acceptors (Lipinski definition) is 3. The van der Waals surface area contributed by atoms with E-state index in [4.69, 9.17) is 14.0 Å². The first-order chi connectivity index (χ1) is 7.89. The lowest BCUT2D eigenvalue weighted by Gasteiger charge is -2.64. The Bertz CT molecular complexity index is 333. The van der Waals surface area contributed by atoms with Crippen LogP contribution in [-0.2, 0) is 14.0 Å². The molecule has 0 aromatic carbocycles. The summed E-state index contributed by atoms with van der Waals surface area (Å²) in [6.45, 7) is 9.01. The first kappa shape index (κ1) is 12.0. The molecule has 4 aliphatic rings. The van der Waals surface area contributed by atoms with Gasteiger partial charge in [0, 0.05) is 7.11 Å². The number of rotatable bonds is 2. The lowest BCUT2D eigenvalue weighted by atomic mass is 9.43. The first-order valence-electron chi connectivity index (χ1n) is 6.75. The highest BCUT2D eigenvalue weighted by atomic mass is 16.7. The van der Waals surface area contributed by atoms with Gasteiger partial charge in [-0.2, -0.15) is 0 Å². The zero-order valence-corrected chi connectivity index (χ0v) is 11.5. The van der Waals surface area contributed by atoms with Crippen LogP contribution in [-0.4, -0.2) is 31.9 Å². The molecular weight excluding hydrogens is 215 g/mol. The smallest absolute Gasteiger partial charge is 0.404 e. The van der Waals surface area contributed by atoms with Crippen LogP contribution in [0.4, 0.5) is 0 Å². The molecule has 0 N–H and O–H groups in total. The van der Waals surface area contributed by atoms with Crippen molar-refractivity contribution in [2.75, 3.05) is 7.11 Å². The Morgan fingerprint density at radius 1 is 1.29 bits per heavy atom. The molecule has 3 aliphatic carbocycles. The molecule has 0 radical (unpaired) electrons. The molecule has 3 nitrogen and oxygen atoms in total. The van der Waals surface area contributed by atoms with E-state index in [0.717, 1.165) is 12.3 Å². The maximum atomic E-state index is 6.24. The van der Waals surface area contributed by atoms with Gasteiger partial charge in [-0.15, -0.1) is 0 Å². The fourth-order valence-electron chi connectivity index (χ4n) is 4.21. The summed E-state index contributed by atoms with van der Waals surface area (Å²) in [7, 11) is 1.52. The number of hydrogen-bond donors (Lipinski definition) is 0. The largest absolute Gasteiger partial charge is 0.488 e. The summed E-state index contributed by atoms with van der Waals surface area (Å²) in [5, 5.41) is 0. The molecule has 2 bridgehead atoms. The van der Waals surface area contributed by atoms with E-state index in [-0.39, 0.29) is 24.8 Å². The normalized spacial score (nSPS) is 48.5. The Morgan fingerprint density at radius 3 is 2.59 bits per heavy atom. The molecule has 1 heterocycles. The molecule has 0 amide bonds. The van der Waals surface area contributed by atoms with E-state index in [0.29, 0.717) is 11.3 Å². The zero-order valence-electron chi connectivity index (χ0n) is 11.5. The molecule has 4 fully saturated rings. The van der Waals surface area contributed by atoms with E-state index >= 15 is 0 Å². The Morgan fingerprint density at radius 2 is 2.00 bits per heavy atom. The minimum atomic E-state index is -0.190. The molecule has 96 valence electrons. The van der Waals surface area contributed by atoms with Crippen LogP contribution >= 0.6 is 0 Å². The molecule has 0 spiro atoms. The van der Waals surface area contributed by atoms with Gasteiger partial charge in [0.15, 0.2) is 0 Å². The molecule has 1 aliphatic heterocycles. The summed E-state index contributed by atoms with van der Waals surface area (Å²) in [6, 6.07) is 0.0118. The van der Waals surface area contributed by atoms with Crippen molar-refractivity contribution in [3.63, 3.8) is 0 Å². The third-order valence-corrected chi connectivity index (χ3v) is 5.72. The molecule has 4 rings (SSSR count). The second-order valence-electron chi connectivity index (χ2n) is 6.78. The van der Waals surface area contributed by atoms with E-state index in [1.165, 1.54) is 6.42 Å². The highest BCUT2D eigenvalue weighted by Crippen LogP contribution is 2.65. The topological polar surface area (TPSA) is 27.7 Å². The first-order valence-corrected chi connectivity index (χ1v) is 6.75. The van der Waals surface area contributed by atoms with Crippen LogP contribution in [0, 0.1) is 17.3 Å². The van der Waals surface area contributed by atoms with Crippen molar-refractivity contribution in [1.29, 1.82) is 0 Å². The molecule has 0 aromatic heterocycles. The van der Waals surface area contributed by atoms with Crippen LogP contribution in [0.25, 0.3) is 0 Å². The van der Waals surface area contributed by atoms with Gasteiger partial charge in [-0.1, -0.05) is 13.8 Å². The Hall–Kier alpha value is -0.0551. The lowest BCUT2D eigenvalue weighted by molar-refractivity contribution is -0.199. The molecular formula is C13H23BO3. The highest BCUT2D eigenvalue weighted by Gasteiger charge is 2.68.